The van der Waals surface area contributed by atoms with Gasteiger partial charge in [0.2, 0.25) is 0 Å². The van der Waals surface area contributed by atoms with Crippen LogP contribution in [-0.2, 0) is 33.3 Å². The molecule has 0 fully saturated rings. The van der Waals surface area contributed by atoms with Crippen molar-refractivity contribution in [3.05, 3.63) is 18.0 Å². The van der Waals surface area contributed by atoms with E-state index in [4.69, 9.17) is 0 Å². The first-order valence-electron chi connectivity index (χ1n) is 5.61. The van der Waals surface area contributed by atoms with E-state index in [0.717, 1.165) is 4.31 Å². The van der Waals surface area contributed by atoms with Gasteiger partial charge in [0.1, 0.15) is 0 Å². The fraction of sp³-hybridized carbons (Fsp3) is 0.600. The van der Waals surface area contributed by atoms with E-state index in [-0.39, 0.29) is 19.5 Å². The topological polar surface area (TPSA) is 93.5 Å². The van der Waals surface area contributed by atoms with E-state index in [1.54, 1.807) is 24.0 Å². The number of carbonyl (C=O) groups is 1. The van der Waals surface area contributed by atoms with Crippen molar-refractivity contribution in [1.82, 2.24) is 18.8 Å². The lowest BCUT2D eigenvalue weighted by atomic mass is 10.4. The van der Waals surface area contributed by atoms with Crippen molar-refractivity contribution in [2.75, 3.05) is 20.7 Å². The van der Waals surface area contributed by atoms with E-state index in [9.17, 15) is 13.2 Å². The molecular formula is C10H18N4O4S. The molecule has 9 heteroatoms. The second-order valence-corrected chi connectivity index (χ2v) is 5.82. The Labute approximate surface area is 112 Å². The van der Waals surface area contributed by atoms with E-state index in [1.165, 1.54) is 14.2 Å². The number of ether oxygens (including phenoxy) is 1. The number of aryl methyl sites for hydroxylation is 1. The maximum Gasteiger partial charge on any atom is 0.306 e. The monoisotopic (exact) mass is 290 g/mol. The molecule has 1 aromatic heterocycles. The zero-order valence-corrected chi connectivity index (χ0v) is 12.0. The molecule has 1 N–H and O–H groups in total. The quantitative estimate of drug-likeness (QED) is 0.667. The van der Waals surface area contributed by atoms with Gasteiger partial charge >= 0.3 is 5.97 Å². The number of nitrogens with one attached hydrogen (secondary N) is 1. The summed E-state index contributed by atoms with van der Waals surface area (Å²) in [6, 6.07) is 1.72. The van der Waals surface area contributed by atoms with Gasteiger partial charge in [0.05, 0.1) is 25.8 Å². The minimum atomic E-state index is -3.63. The highest BCUT2D eigenvalue weighted by atomic mass is 32.2. The summed E-state index contributed by atoms with van der Waals surface area (Å²) in [5.41, 5.74) is 0.618. The summed E-state index contributed by atoms with van der Waals surface area (Å²) in [7, 11) is 0.776. The highest BCUT2D eigenvalue weighted by molar-refractivity contribution is 7.87. The summed E-state index contributed by atoms with van der Waals surface area (Å²) in [4.78, 5) is 10.9. The fourth-order valence-electron chi connectivity index (χ4n) is 1.30. The highest BCUT2D eigenvalue weighted by Gasteiger charge is 2.18. The van der Waals surface area contributed by atoms with Crippen LogP contribution in [0.4, 0.5) is 0 Å². The summed E-state index contributed by atoms with van der Waals surface area (Å²) in [6.07, 6.45) is 1.74. The van der Waals surface area contributed by atoms with Gasteiger partial charge in [-0.25, -0.2) is 0 Å². The van der Waals surface area contributed by atoms with Crippen molar-refractivity contribution in [2.45, 2.75) is 13.0 Å². The number of hydrogen-bond donors (Lipinski definition) is 1. The molecule has 0 aliphatic carbocycles. The average Bonchev–Trinajstić information content (AvgIpc) is 2.79. The Hall–Kier alpha value is -1.45. The first kappa shape index (κ1) is 15.6. The third kappa shape index (κ3) is 4.97. The lowest BCUT2D eigenvalue weighted by Crippen LogP contribution is -2.39. The van der Waals surface area contributed by atoms with Gasteiger partial charge in [-0.15, -0.1) is 0 Å². The van der Waals surface area contributed by atoms with Crippen LogP contribution in [0, 0.1) is 0 Å². The van der Waals surface area contributed by atoms with Crippen molar-refractivity contribution in [3.63, 3.8) is 0 Å². The first-order valence-corrected chi connectivity index (χ1v) is 7.05. The number of esters is 1. The lowest BCUT2D eigenvalue weighted by Gasteiger charge is -2.16. The molecule has 0 aromatic carbocycles. The van der Waals surface area contributed by atoms with Gasteiger partial charge in [-0.05, 0) is 6.07 Å². The number of carbonyl (C=O) groups excluding carboxylic acids is 1. The summed E-state index contributed by atoms with van der Waals surface area (Å²) in [6.45, 7) is 0.163. The third-order valence-electron chi connectivity index (χ3n) is 2.47. The largest absolute Gasteiger partial charge is 0.469 e. The zero-order valence-electron chi connectivity index (χ0n) is 11.2. The van der Waals surface area contributed by atoms with Crippen LogP contribution in [0.15, 0.2) is 12.3 Å². The Bertz CT molecular complexity index is 525. The second kappa shape index (κ2) is 6.64. The second-order valence-electron chi connectivity index (χ2n) is 3.95. The van der Waals surface area contributed by atoms with E-state index >= 15 is 0 Å². The van der Waals surface area contributed by atoms with E-state index < -0.39 is 16.2 Å². The smallest absolute Gasteiger partial charge is 0.306 e. The minimum absolute atomic E-state index is 0.0114. The first-order chi connectivity index (χ1) is 8.85. The zero-order chi connectivity index (χ0) is 14.5. The molecule has 0 saturated carbocycles. The van der Waals surface area contributed by atoms with Crippen molar-refractivity contribution < 1.29 is 17.9 Å². The normalized spacial score (nSPS) is 11.8. The van der Waals surface area contributed by atoms with E-state index in [1.807, 2.05) is 0 Å². The van der Waals surface area contributed by atoms with Crippen LogP contribution in [0.1, 0.15) is 12.1 Å². The van der Waals surface area contributed by atoms with Gasteiger partial charge in [0, 0.05) is 26.8 Å². The molecule has 1 rings (SSSR count). The van der Waals surface area contributed by atoms with Gasteiger partial charge < -0.3 is 4.74 Å². The predicted octanol–water partition coefficient (Wildman–Crippen LogP) is -0.751. The van der Waals surface area contributed by atoms with Gasteiger partial charge in [-0.2, -0.15) is 22.5 Å². The molecule has 0 atom stereocenters. The molecule has 1 aromatic rings. The van der Waals surface area contributed by atoms with Crippen molar-refractivity contribution in [1.29, 1.82) is 0 Å². The average molecular weight is 290 g/mol. The van der Waals surface area contributed by atoms with Gasteiger partial charge in [0.25, 0.3) is 10.2 Å². The van der Waals surface area contributed by atoms with Gasteiger partial charge in [-0.3, -0.25) is 9.48 Å². The Balaban J connectivity index is 2.48. The predicted molar refractivity (Wildman–Crippen MR) is 68.2 cm³/mol. The fourth-order valence-corrected chi connectivity index (χ4v) is 2.19. The number of methoxy groups -OCH3 is 1. The van der Waals surface area contributed by atoms with Gasteiger partial charge in [-0.1, -0.05) is 0 Å². The van der Waals surface area contributed by atoms with Crippen LogP contribution in [0.5, 0.6) is 0 Å². The van der Waals surface area contributed by atoms with Crippen molar-refractivity contribution in [3.8, 4) is 0 Å². The van der Waals surface area contributed by atoms with Crippen LogP contribution in [0.2, 0.25) is 0 Å². The van der Waals surface area contributed by atoms with Crippen molar-refractivity contribution >= 4 is 16.2 Å². The minimum Gasteiger partial charge on any atom is -0.469 e. The Morgan fingerprint density at radius 3 is 2.79 bits per heavy atom. The summed E-state index contributed by atoms with van der Waals surface area (Å²) < 4.78 is 33.2. The van der Waals surface area contributed by atoms with Crippen molar-refractivity contribution in [2.24, 2.45) is 7.05 Å². The van der Waals surface area contributed by atoms with E-state index in [2.05, 4.69) is 14.6 Å². The SMILES string of the molecule is COC(=O)CCN(C)S(=O)(=O)NCc1ccn(C)n1. The molecule has 0 unspecified atom stereocenters. The summed E-state index contributed by atoms with van der Waals surface area (Å²) >= 11 is 0. The number of aromatic nitrogens is 2. The van der Waals surface area contributed by atoms with Crippen LogP contribution >= 0.6 is 0 Å². The molecule has 19 heavy (non-hydrogen) atoms. The molecule has 8 nitrogen and oxygen atoms in total. The number of hydrogen-bond acceptors (Lipinski definition) is 5. The Morgan fingerprint density at radius 1 is 1.58 bits per heavy atom. The summed E-state index contributed by atoms with van der Waals surface area (Å²) in [5.74, 6) is -0.452. The van der Waals surface area contributed by atoms with Crippen LogP contribution in [0.25, 0.3) is 0 Å². The maximum absolute atomic E-state index is 11.8. The van der Waals surface area contributed by atoms with E-state index in [0.29, 0.717) is 5.69 Å². The molecule has 0 aliphatic rings. The molecule has 0 spiro atoms. The molecule has 0 radical (unpaired) electrons. The lowest BCUT2D eigenvalue weighted by molar-refractivity contribution is -0.140. The maximum atomic E-state index is 11.8. The molecule has 0 aliphatic heterocycles. The molecule has 108 valence electrons. The molecular weight excluding hydrogens is 272 g/mol. The number of rotatable bonds is 7. The Morgan fingerprint density at radius 2 is 2.26 bits per heavy atom. The molecule has 0 bridgehead atoms. The Kier molecular flexibility index (Phi) is 5.45. The summed E-state index contributed by atoms with van der Waals surface area (Å²) in [5, 5.41) is 4.06. The highest BCUT2D eigenvalue weighted by Crippen LogP contribution is 2.00. The molecule has 0 saturated heterocycles. The van der Waals surface area contributed by atoms with Gasteiger partial charge in [0.15, 0.2) is 0 Å². The molecule has 1 heterocycles. The van der Waals surface area contributed by atoms with Crippen LogP contribution < -0.4 is 4.72 Å². The third-order valence-corrected chi connectivity index (χ3v) is 3.99. The van der Waals surface area contributed by atoms with Crippen LogP contribution in [0.3, 0.4) is 0 Å². The number of nitrogens with zero attached hydrogens (tertiary/aromatic N) is 3. The molecule has 0 amide bonds. The van der Waals surface area contributed by atoms with Crippen LogP contribution in [-0.4, -0.2) is 49.2 Å². The standard InChI is InChI=1S/C10H18N4O4S/c1-13-6-4-9(12-13)8-11-19(16,17)14(2)7-5-10(15)18-3/h4,6,11H,5,7-8H2,1-3H3.